The fourth-order valence-electron chi connectivity index (χ4n) is 2.38. The molecule has 2 amide bonds. The number of amides is 2. The molecule has 0 aromatic heterocycles. The van der Waals surface area contributed by atoms with Crippen LogP contribution in [0.5, 0.6) is 5.75 Å². The molecule has 0 bridgehead atoms. The summed E-state index contributed by atoms with van der Waals surface area (Å²) in [4.78, 5) is 24.4. The maximum Gasteiger partial charge on any atom is 0.258 e. The molecule has 2 rings (SSSR count). The first-order valence-corrected chi connectivity index (χ1v) is 9.09. The molecule has 0 heterocycles. The van der Waals surface area contributed by atoms with Crippen LogP contribution in [-0.2, 0) is 11.2 Å². The van der Waals surface area contributed by atoms with E-state index in [0.717, 1.165) is 12.8 Å². The van der Waals surface area contributed by atoms with Gasteiger partial charge in [-0.3, -0.25) is 9.59 Å². The standard InChI is InChI=1S/C20H24N2O3S/c1-2-5-15-8-10-16(11-9-15)25-14-19(23)21-12-13-22-20(24)17-6-3-4-7-18(17)26/h3-4,6-11,26H,2,5,12-14H2,1H3,(H,21,23)(H,22,24). The van der Waals surface area contributed by atoms with Crippen molar-refractivity contribution in [3.8, 4) is 5.75 Å². The highest BCUT2D eigenvalue weighted by atomic mass is 32.1. The van der Waals surface area contributed by atoms with Gasteiger partial charge < -0.3 is 15.4 Å². The van der Waals surface area contributed by atoms with Crippen molar-refractivity contribution in [3.63, 3.8) is 0 Å². The van der Waals surface area contributed by atoms with Gasteiger partial charge in [-0.2, -0.15) is 0 Å². The van der Waals surface area contributed by atoms with Crippen LogP contribution in [-0.4, -0.2) is 31.5 Å². The summed E-state index contributed by atoms with van der Waals surface area (Å²) in [6.07, 6.45) is 2.13. The van der Waals surface area contributed by atoms with Gasteiger partial charge in [-0.05, 0) is 36.2 Å². The summed E-state index contributed by atoms with van der Waals surface area (Å²) in [5.74, 6) is 0.221. The van der Waals surface area contributed by atoms with E-state index in [1.54, 1.807) is 18.2 Å². The Labute approximate surface area is 159 Å². The van der Waals surface area contributed by atoms with Crippen molar-refractivity contribution in [2.24, 2.45) is 0 Å². The smallest absolute Gasteiger partial charge is 0.258 e. The first kappa shape index (κ1) is 19.8. The maximum atomic E-state index is 12.0. The molecule has 6 heteroatoms. The van der Waals surface area contributed by atoms with E-state index >= 15 is 0 Å². The third-order valence-corrected chi connectivity index (χ3v) is 4.10. The average Bonchev–Trinajstić information content (AvgIpc) is 2.65. The van der Waals surface area contributed by atoms with Crippen LogP contribution in [0.2, 0.25) is 0 Å². The predicted octanol–water partition coefficient (Wildman–Crippen LogP) is 2.85. The van der Waals surface area contributed by atoms with Crippen molar-refractivity contribution in [2.45, 2.75) is 24.7 Å². The van der Waals surface area contributed by atoms with Crippen molar-refractivity contribution in [2.75, 3.05) is 19.7 Å². The second-order valence-electron chi connectivity index (χ2n) is 5.81. The Bertz CT molecular complexity index is 732. The largest absolute Gasteiger partial charge is 0.484 e. The normalized spacial score (nSPS) is 10.2. The lowest BCUT2D eigenvalue weighted by Crippen LogP contribution is -2.36. The van der Waals surface area contributed by atoms with E-state index < -0.39 is 0 Å². The number of ether oxygens (including phenoxy) is 1. The Morgan fingerprint density at radius 1 is 1.00 bits per heavy atom. The van der Waals surface area contributed by atoms with Crippen LogP contribution in [0.3, 0.4) is 0 Å². The molecule has 2 aromatic rings. The van der Waals surface area contributed by atoms with Gasteiger partial charge in [0.05, 0.1) is 5.56 Å². The highest BCUT2D eigenvalue weighted by molar-refractivity contribution is 7.80. The molecule has 0 fully saturated rings. The zero-order valence-corrected chi connectivity index (χ0v) is 15.7. The minimum absolute atomic E-state index is 0.0550. The van der Waals surface area contributed by atoms with Gasteiger partial charge >= 0.3 is 0 Å². The molecule has 2 aromatic carbocycles. The molecule has 0 saturated carbocycles. The van der Waals surface area contributed by atoms with Crippen LogP contribution >= 0.6 is 12.6 Å². The summed E-state index contributed by atoms with van der Waals surface area (Å²) in [5, 5.41) is 5.45. The lowest BCUT2D eigenvalue weighted by molar-refractivity contribution is -0.123. The van der Waals surface area contributed by atoms with Gasteiger partial charge in [0, 0.05) is 18.0 Å². The van der Waals surface area contributed by atoms with Gasteiger partial charge in [0.25, 0.3) is 11.8 Å². The summed E-state index contributed by atoms with van der Waals surface area (Å²) in [5.41, 5.74) is 1.76. The lowest BCUT2D eigenvalue weighted by Gasteiger charge is -2.09. The SMILES string of the molecule is CCCc1ccc(OCC(=O)NCCNC(=O)c2ccccc2S)cc1. The zero-order chi connectivity index (χ0) is 18.8. The third kappa shape index (κ3) is 6.44. The Balaban J connectivity index is 1.64. The van der Waals surface area contributed by atoms with E-state index in [-0.39, 0.29) is 18.4 Å². The molecule has 0 saturated heterocycles. The molecule has 0 spiro atoms. The molecule has 0 atom stereocenters. The summed E-state index contributed by atoms with van der Waals surface area (Å²) in [7, 11) is 0. The Morgan fingerprint density at radius 2 is 1.69 bits per heavy atom. The number of aryl methyl sites for hydroxylation is 1. The van der Waals surface area contributed by atoms with Crippen molar-refractivity contribution in [3.05, 3.63) is 59.7 Å². The predicted molar refractivity (Wildman–Crippen MR) is 105 cm³/mol. The van der Waals surface area contributed by atoms with Gasteiger partial charge in [-0.25, -0.2) is 0 Å². The highest BCUT2D eigenvalue weighted by Crippen LogP contribution is 2.13. The summed E-state index contributed by atoms with van der Waals surface area (Å²) in [6.45, 7) is 2.74. The molecule has 5 nitrogen and oxygen atoms in total. The van der Waals surface area contributed by atoms with Gasteiger partial charge in [0.15, 0.2) is 6.61 Å². The van der Waals surface area contributed by atoms with E-state index in [1.807, 2.05) is 30.3 Å². The maximum absolute atomic E-state index is 12.0. The number of carbonyl (C=O) groups excluding carboxylic acids is 2. The van der Waals surface area contributed by atoms with E-state index in [0.29, 0.717) is 29.3 Å². The number of rotatable bonds is 9. The fourth-order valence-corrected chi connectivity index (χ4v) is 2.64. The number of hydrogen-bond donors (Lipinski definition) is 3. The van der Waals surface area contributed by atoms with E-state index in [2.05, 4.69) is 30.2 Å². The van der Waals surface area contributed by atoms with E-state index in [9.17, 15) is 9.59 Å². The topological polar surface area (TPSA) is 67.4 Å². The molecule has 0 radical (unpaired) electrons. The van der Waals surface area contributed by atoms with Crippen molar-refractivity contribution < 1.29 is 14.3 Å². The van der Waals surface area contributed by atoms with Gasteiger partial charge in [0.1, 0.15) is 5.75 Å². The second-order valence-corrected chi connectivity index (χ2v) is 6.29. The molecule has 26 heavy (non-hydrogen) atoms. The quantitative estimate of drug-likeness (QED) is 0.468. The molecular formula is C20H24N2O3S. The average molecular weight is 372 g/mol. The number of thiol groups is 1. The Morgan fingerprint density at radius 3 is 2.38 bits per heavy atom. The van der Waals surface area contributed by atoms with Crippen molar-refractivity contribution in [1.29, 1.82) is 0 Å². The molecule has 138 valence electrons. The molecule has 0 aliphatic heterocycles. The van der Waals surface area contributed by atoms with Crippen LogP contribution < -0.4 is 15.4 Å². The Hall–Kier alpha value is -2.47. The van der Waals surface area contributed by atoms with Crippen LogP contribution in [0.15, 0.2) is 53.4 Å². The zero-order valence-electron chi connectivity index (χ0n) is 14.8. The molecule has 0 unspecified atom stereocenters. The van der Waals surface area contributed by atoms with Crippen molar-refractivity contribution >= 4 is 24.4 Å². The minimum Gasteiger partial charge on any atom is -0.484 e. The first-order chi connectivity index (χ1) is 12.6. The lowest BCUT2D eigenvalue weighted by atomic mass is 10.1. The van der Waals surface area contributed by atoms with Crippen molar-refractivity contribution in [1.82, 2.24) is 10.6 Å². The minimum atomic E-state index is -0.230. The number of nitrogens with one attached hydrogen (secondary N) is 2. The second kappa shape index (κ2) is 10.5. The van der Waals surface area contributed by atoms with Gasteiger partial charge in [-0.1, -0.05) is 37.6 Å². The Kier molecular flexibility index (Phi) is 8.02. The van der Waals surface area contributed by atoms with Gasteiger partial charge in [0.2, 0.25) is 0 Å². The summed E-state index contributed by atoms with van der Waals surface area (Å²) in [6, 6.07) is 14.8. The van der Waals surface area contributed by atoms with Gasteiger partial charge in [-0.15, -0.1) is 12.6 Å². The summed E-state index contributed by atoms with van der Waals surface area (Å²) >= 11 is 4.25. The van der Waals surface area contributed by atoms with E-state index in [1.165, 1.54) is 5.56 Å². The number of hydrogen-bond acceptors (Lipinski definition) is 4. The van der Waals surface area contributed by atoms with Crippen LogP contribution in [0.4, 0.5) is 0 Å². The molecule has 0 aliphatic rings. The molecular weight excluding hydrogens is 348 g/mol. The van der Waals surface area contributed by atoms with Crippen LogP contribution in [0.1, 0.15) is 29.3 Å². The highest BCUT2D eigenvalue weighted by Gasteiger charge is 2.08. The molecule has 0 aliphatic carbocycles. The first-order valence-electron chi connectivity index (χ1n) is 8.64. The monoisotopic (exact) mass is 372 g/mol. The van der Waals surface area contributed by atoms with Crippen LogP contribution in [0.25, 0.3) is 0 Å². The van der Waals surface area contributed by atoms with E-state index in [4.69, 9.17) is 4.74 Å². The molecule has 2 N–H and O–H groups in total. The third-order valence-electron chi connectivity index (χ3n) is 3.71. The summed E-state index contributed by atoms with van der Waals surface area (Å²) < 4.78 is 5.45. The fraction of sp³-hybridized carbons (Fsp3) is 0.300. The number of benzene rings is 2. The number of carbonyl (C=O) groups is 2. The van der Waals surface area contributed by atoms with Crippen LogP contribution in [0, 0.1) is 0 Å².